The third kappa shape index (κ3) is 4.52. The first-order valence-corrected chi connectivity index (χ1v) is 10.8. The fourth-order valence-corrected chi connectivity index (χ4v) is 3.76. The Balaban J connectivity index is 1.32. The van der Waals surface area contributed by atoms with Crippen LogP contribution in [0.3, 0.4) is 0 Å². The lowest BCUT2D eigenvalue weighted by molar-refractivity contribution is -0.130. The number of hydrogen-bond acceptors (Lipinski definition) is 4. The number of rotatable bonds is 6. The molecule has 0 aliphatic carbocycles. The van der Waals surface area contributed by atoms with E-state index in [0.717, 1.165) is 16.8 Å². The van der Waals surface area contributed by atoms with Crippen molar-refractivity contribution in [3.05, 3.63) is 96.4 Å². The van der Waals surface area contributed by atoms with Gasteiger partial charge in [0.15, 0.2) is 6.10 Å². The van der Waals surface area contributed by atoms with E-state index >= 15 is 0 Å². The van der Waals surface area contributed by atoms with Gasteiger partial charge < -0.3 is 15.4 Å². The minimum absolute atomic E-state index is 0.126. The number of ether oxygens (including phenoxy) is 1. The molecule has 0 saturated heterocycles. The van der Waals surface area contributed by atoms with Crippen LogP contribution in [0.15, 0.2) is 85.1 Å². The second-order valence-electron chi connectivity index (χ2n) is 7.86. The zero-order valence-electron chi connectivity index (χ0n) is 18.1. The van der Waals surface area contributed by atoms with E-state index in [-0.39, 0.29) is 30.6 Å². The van der Waals surface area contributed by atoms with Crippen LogP contribution in [0.4, 0.5) is 10.1 Å². The first-order chi connectivity index (χ1) is 16.6. The van der Waals surface area contributed by atoms with Crippen LogP contribution in [0.1, 0.15) is 12.0 Å². The molecular formula is C26H21FN4O3. The Bertz CT molecular complexity index is 1340. The first-order valence-electron chi connectivity index (χ1n) is 10.8. The van der Waals surface area contributed by atoms with Gasteiger partial charge in [-0.1, -0.05) is 30.3 Å². The smallest absolute Gasteiger partial charge is 0.266 e. The molecule has 2 N–H and O–H groups in total. The molecule has 0 unspecified atom stereocenters. The fourth-order valence-electron chi connectivity index (χ4n) is 3.76. The summed E-state index contributed by atoms with van der Waals surface area (Å²) in [5.41, 5.74) is 3.55. The Morgan fingerprint density at radius 2 is 1.76 bits per heavy atom. The van der Waals surface area contributed by atoms with E-state index in [1.54, 1.807) is 41.1 Å². The minimum atomic E-state index is -0.918. The highest BCUT2D eigenvalue weighted by molar-refractivity contribution is 5.99. The molecule has 7 nitrogen and oxygen atoms in total. The molecule has 4 aromatic rings. The Morgan fingerprint density at radius 1 is 1.03 bits per heavy atom. The maximum absolute atomic E-state index is 13.4. The average Bonchev–Trinajstić information content (AvgIpc) is 3.28. The van der Waals surface area contributed by atoms with Crippen molar-refractivity contribution in [2.24, 2.45) is 0 Å². The zero-order chi connectivity index (χ0) is 23.5. The summed E-state index contributed by atoms with van der Waals surface area (Å²) in [5.74, 6) is -0.508. The molecule has 1 aliphatic rings. The van der Waals surface area contributed by atoms with Gasteiger partial charge in [0, 0.05) is 23.9 Å². The van der Waals surface area contributed by atoms with Crippen LogP contribution >= 0.6 is 0 Å². The van der Waals surface area contributed by atoms with Crippen LogP contribution < -0.4 is 15.4 Å². The van der Waals surface area contributed by atoms with E-state index in [1.165, 1.54) is 12.1 Å². The van der Waals surface area contributed by atoms with Gasteiger partial charge in [-0.15, -0.1) is 0 Å². The number of benzene rings is 3. The Kier molecular flexibility index (Phi) is 5.78. The number of anilines is 1. The van der Waals surface area contributed by atoms with E-state index in [0.29, 0.717) is 17.1 Å². The second kappa shape index (κ2) is 9.19. The number of nitrogens with zero attached hydrogens (tertiary/aromatic N) is 2. The molecule has 8 heteroatoms. The van der Waals surface area contributed by atoms with E-state index in [9.17, 15) is 14.0 Å². The molecule has 1 atom stereocenters. The summed E-state index contributed by atoms with van der Waals surface area (Å²) in [7, 11) is 0. The number of halogens is 1. The van der Waals surface area contributed by atoms with E-state index in [1.807, 2.05) is 36.5 Å². The van der Waals surface area contributed by atoms with Gasteiger partial charge in [0.05, 0.1) is 23.5 Å². The van der Waals surface area contributed by atoms with Crippen molar-refractivity contribution in [1.29, 1.82) is 0 Å². The normalized spacial score (nSPS) is 14.6. The van der Waals surface area contributed by atoms with Crippen LogP contribution in [0.5, 0.6) is 5.75 Å². The molecule has 0 spiro atoms. The molecule has 0 saturated carbocycles. The molecule has 170 valence electrons. The summed E-state index contributed by atoms with van der Waals surface area (Å²) in [5, 5.41) is 10.3. The van der Waals surface area contributed by atoms with Crippen molar-refractivity contribution in [2.45, 2.75) is 19.1 Å². The van der Waals surface area contributed by atoms with Crippen molar-refractivity contribution in [1.82, 2.24) is 15.1 Å². The highest BCUT2D eigenvalue weighted by Gasteiger charge is 2.29. The fraction of sp³-hybridized carbons (Fsp3) is 0.115. The Hall–Kier alpha value is -4.46. The summed E-state index contributed by atoms with van der Waals surface area (Å²) >= 11 is 0. The quantitative estimate of drug-likeness (QED) is 0.458. The lowest BCUT2D eigenvalue weighted by Gasteiger charge is -2.25. The van der Waals surface area contributed by atoms with Gasteiger partial charge in [-0.05, 0) is 48.5 Å². The van der Waals surface area contributed by atoms with Crippen molar-refractivity contribution in [3.63, 3.8) is 0 Å². The van der Waals surface area contributed by atoms with Gasteiger partial charge in [-0.2, -0.15) is 5.10 Å². The lowest BCUT2D eigenvalue weighted by Crippen LogP contribution is -2.40. The average molecular weight is 456 g/mol. The van der Waals surface area contributed by atoms with Gasteiger partial charge in [-0.25, -0.2) is 9.07 Å². The Labute approximate surface area is 195 Å². The number of para-hydroxylation sites is 3. The van der Waals surface area contributed by atoms with Crippen LogP contribution in [0, 0.1) is 5.82 Å². The molecule has 2 heterocycles. The van der Waals surface area contributed by atoms with Gasteiger partial charge in [-0.3, -0.25) is 9.59 Å². The number of amides is 2. The van der Waals surface area contributed by atoms with E-state index in [2.05, 4.69) is 15.7 Å². The summed E-state index contributed by atoms with van der Waals surface area (Å²) in [6, 6.07) is 22.7. The van der Waals surface area contributed by atoms with Crippen LogP contribution in [0.25, 0.3) is 16.9 Å². The summed E-state index contributed by atoms with van der Waals surface area (Å²) in [4.78, 5) is 25.0. The largest absolute Gasteiger partial charge is 0.478 e. The van der Waals surface area contributed by atoms with Gasteiger partial charge in [0.2, 0.25) is 5.91 Å². The maximum Gasteiger partial charge on any atom is 0.266 e. The molecule has 0 bridgehead atoms. The summed E-state index contributed by atoms with van der Waals surface area (Å²) < 4.78 is 20.9. The number of aromatic nitrogens is 2. The molecule has 3 aromatic carbocycles. The van der Waals surface area contributed by atoms with Crippen molar-refractivity contribution >= 4 is 17.5 Å². The molecule has 2 amide bonds. The van der Waals surface area contributed by atoms with Gasteiger partial charge in [0.1, 0.15) is 11.6 Å². The summed E-state index contributed by atoms with van der Waals surface area (Å²) in [6.45, 7) is 0.184. The SMILES string of the molecule is O=C(C[C@@H]1Oc2ccccc2NC1=O)NCc1cn(-c2ccccc2)nc1-c1ccc(F)cc1. The van der Waals surface area contributed by atoms with Crippen molar-refractivity contribution in [3.8, 4) is 22.7 Å². The molecular weight excluding hydrogens is 435 g/mol. The van der Waals surface area contributed by atoms with Gasteiger partial charge in [0.25, 0.3) is 5.91 Å². The molecule has 0 radical (unpaired) electrons. The molecule has 0 fully saturated rings. The predicted octanol–water partition coefficient (Wildman–Crippen LogP) is 4.08. The monoisotopic (exact) mass is 456 g/mol. The minimum Gasteiger partial charge on any atom is -0.478 e. The molecule has 1 aromatic heterocycles. The number of carbonyl (C=O) groups is 2. The third-order valence-corrected chi connectivity index (χ3v) is 5.48. The molecule has 34 heavy (non-hydrogen) atoms. The van der Waals surface area contributed by atoms with Crippen LogP contribution in [-0.2, 0) is 16.1 Å². The summed E-state index contributed by atoms with van der Waals surface area (Å²) in [6.07, 6.45) is 0.784. The zero-order valence-corrected chi connectivity index (χ0v) is 18.1. The second-order valence-corrected chi connectivity index (χ2v) is 7.86. The first kappa shape index (κ1) is 21.4. The Morgan fingerprint density at radius 3 is 2.56 bits per heavy atom. The van der Waals surface area contributed by atoms with Crippen molar-refractivity contribution < 1.29 is 18.7 Å². The predicted molar refractivity (Wildman–Crippen MR) is 125 cm³/mol. The van der Waals surface area contributed by atoms with E-state index in [4.69, 9.17) is 4.74 Å². The third-order valence-electron chi connectivity index (χ3n) is 5.48. The lowest BCUT2D eigenvalue weighted by atomic mass is 10.1. The number of fused-ring (bicyclic) bond motifs is 1. The van der Waals surface area contributed by atoms with Gasteiger partial charge >= 0.3 is 0 Å². The number of hydrogen-bond donors (Lipinski definition) is 2. The van der Waals surface area contributed by atoms with Crippen molar-refractivity contribution in [2.75, 3.05) is 5.32 Å². The van der Waals surface area contributed by atoms with Crippen LogP contribution in [-0.4, -0.2) is 27.7 Å². The molecule has 5 rings (SSSR count). The highest BCUT2D eigenvalue weighted by atomic mass is 19.1. The van der Waals surface area contributed by atoms with Crippen LogP contribution in [0.2, 0.25) is 0 Å². The maximum atomic E-state index is 13.4. The standard InChI is InChI=1S/C26H21FN4O3/c27-19-12-10-17(11-13-19)25-18(16-31(30-25)20-6-2-1-3-7-20)15-28-24(32)14-23-26(33)29-21-8-4-5-9-22(21)34-23/h1-13,16,23H,14-15H2,(H,28,32)(H,29,33)/t23-/m0/s1. The number of carbonyl (C=O) groups excluding carboxylic acids is 2. The highest BCUT2D eigenvalue weighted by Crippen LogP contribution is 2.29. The molecule has 1 aliphatic heterocycles. The van der Waals surface area contributed by atoms with E-state index < -0.39 is 6.10 Å². The topological polar surface area (TPSA) is 85.2 Å². The number of nitrogens with one attached hydrogen (secondary N) is 2.